The number of alkyl halides is 2. The molecule has 7 nitrogen and oxygen atoms in total. The molecule has 178 valence electrons. The summed E-state index contributed by atoms with van der Waals surface area (Å²) in [6, 6.07) is 7.32. The second kappa shape index (κ2) is 11.6. The fourth-order valence-electron chi connectivity index (χ4n) is 3.42. The number of hydrogen-bond acceptors (Lipinski definition) is 6. The van der Waals surface area contributed by atoms with Crippen molar-refractivity contribution in [2.45, 2.75) is 64.3 Å². The van der Waals surface area contributed by atoms with Gasteiger partial charge in [-0.1, -0.05) is 44.2 Å². The minimum Gasteiger partial charge on any atom is -0.361 e. The summed E-state index contributed by atoms with van der Waals surface area (Å²) >= 11 is 0. The standard InChI is InChI=1S/C23H32F2N2O5/c1-14(2)9-17(26)19(28)11-16(12-31-22(24)25)21(30)27-18(20(29)23(3)13-32-23)10-15-7-5-4-6-8-15/h4-8,14,16-18,22H,9-13,26H2,1-3H3,(H,27,30)/t16-,17-,18-,23+/m0/s1. The summed E-state index contributed by atoms with van der Waals surface area (Å²) in [6.45, 7) is 1.92. The van der Waals surface area contributed by atoms with Crippen molar-refractivity contribution >= 4 is 17.5 Å². The summed E-state index contributed by atoms with van der Waals surface area (Å²) in [4.78, 5) is 38.4. The fourth-order valence-corrected chi connectivity index (χ4v) is 3.42. The number of ether oxygens (including phenoxy) is 2. The van der Waals surface area contributed by atoms with Crippen molar-refractivity contribution in [3.8, 4) is 0 Å². The van der Waals surface area contributed by atoms with Crippen molar-refractivity contribution in [3.05, 3.63) is 35.9 Å². The normalized spacial score (nSPS) is 20.6. The van der Waals surface area contributed by atoms with Gasteiger partial charge in [-0.2, -0.15) is 8.78 Å². The summed E-state index contributed by atoms with van der Waals surface area (Å²) in [5.74, 6) is -2.49. The highest BCUT2D eigenvalue weighted by Gasteiger charge is 2.50. The highest BCUT2D eigenvalue weighted by Crippen LogP contribution is 2.29. The maximum Gasteiger partial charge on any atom is 0.345 e. The number of carbonyl (C=O) groups is 3. The second-order valence-electron chi connectivity index (χ2n) is 8.83. The molecule has 1 aromatic rings. The minimum absolute atomic E-state index is 0.158. The van der Waals surface area contributed by atoms with Crippen LogP contribution >= 0.6 is 0 Å². The van der Waals surface area contributed by atoms with E-state index in [0.717, 1.165) is 5.56 Å². The van der Waals surface area contributed by atoms with Crippen LogP contribution in [0.3, 0.4) is 0 Å². The van der Waals surface area contributed by atoms with Crippen molar-refractivity contribution in [2.75, 3.05) is 13.2 Å². The van der Waals surface area contributed by atoms with Crippen molar-refractivity contribution < 1.29 is 32.6 Å². The Labute approximate surface area is 187 Å². The summed E-state index contributed by atoms with van der Waals surface area (Å²) in [5.41, 5.74) is 5.72. The summed E-state index contributed by atoms with van der Waals surface area (Å²) in [5, 5.41) is 2.63. The SMILES string of the molecule is CC(C)C[C@H](N)C(=O)C[C@@H](COC(F)F)C(=O)N[C@@H](Cc1ccccc1)C(=O)[C@@]1(C)CO1. The van der Waals surface area contributed by atoms with Crippen LogP contribution in [0.25, 0.3) is 0 Å². The number of rotatable bonds is 14. The van der Waals surface area contributed by atoms with Crippen LogP contribution in [0.15, 0.2) is 30.3 Å². The van der Waals surface area contributed by atoms with Crippen LogP contribution in [0.5, 0.6) is 0 Å². The molecule has 0 spiro atoms. The van der Waals surface area contributed by atoms with E-state index in [1.165, 1.54) is 0 Å². The molecule has 2 rings (SSSR count). The molecule has 0 aliphatic carbocycles. The third kappa shape index (κ3) is 8.03. The van der Waals surface area contributed by atoms with Gasteiger partial charge in [0, 0.05) is 6.42 Å². The fraction of sp³-hybridized carbons (Fsp3) is 0.609. The molecule has 0 aromatic heterocycles. The van der Waals surface area contributed by atoms with Gasteiger partial charge in [0.25, 0.3) is 0 Å². The maximum absolute atomic E-state index is 13.0. The van der Waals surface area contributed by atoms with Crippen LogP contribution in [-0.4, -0.2) is 55.0 Å². The quantitative estimate of drug-likeness (QED) is 0.417. The number of nitrogens with two attached hydrogens (primary N) is 1. The summed E-state index contributed by atoms with van der Waals surface area (Å²) in [7, 11) is 0. The molecule has 9 heteroatoms. The van der Waals surface area contributed by atoms with Gasteiger partial charge in [0.15, 0.2) is 5.78 Å². The number of carbonyl (C=O) groups excluding carboxylic acids is 3. The van der Waals surface area contributed by atoms with Gasteiger partial charge < -0.3 is 20.5 Å². The second-order valence-corrected chi connectivity index (χ2v) is 8.83. The van der Waals surface area contributed by atoms with Gasteiger partial charge in [-0.25, -0.2) is 0 Å². The van der Waals surface area contributed by atoms with Gasteiger partial charge >= 0.3 is 6.61 Å². The molecule has 4 atom stereocenters. The Morgan fingerprint density at radius 3 is 2.38 bits per heavy atom. The van der Waals surface area contributed by atoms with Crippen molar-refractivity contribution in [1.82, 2.24) is 5.32 Å². The van der Waals surface area contributed by atoms with E-state index >= 15 is 0 Å². The first-order valence-electron chi connectivity index (χ1n) is 10.7. The van der Waals surface area contributed by atoms with E-state index in [-0.39, 0.29) is 31.1 Å². The average Bonchev–Trinajstić information content (AvgIpc) is 3.48. The minimum atomic E-state index is -3.09. The van der Waals surface area contributed by atoms with Gasteiger partial charge in [-0.05, 0) is 31.2 Å². The van der Waals surface area contributed by atoms with E-state index in [4.69, 9.17) is 10.5 Å². The number of amides is 1. The molecule has 0 saturated carbocycles. The molecule has 1 aliphatic heterocycles. The topological polar surface area (TPSA) is 111 Å². The third-order valence-corrected chi connectivity index (χ3v) is 5.39. The molecule has 1 aromatic carbocycles. The molecular weight excluding hydrogens is 422 g/mol. The van der Waals surface area contributed by atoms with Crippen molar-refractivity contribution in [2.24, 2.45) is 17.6 Å². The number of ketones is 2. The third-order valence-electron chi connectivity index (χ3n) is 5.39. The lowest BCUT2D eigenvalue weighted by atomic mass is 9.92. The zero-order chi connectivity index (χ0) is 23.9. The van der Waals surface area contributed by atoms with Crippen LogP contribution in [0.1, 0.15) is 39.2 Å². The number of halogens is 2. The zero-order valence-electron chi connectivity index (χ0n) is 18.7. The van der Waals surface area contributed by atoms with Gasteiger partial charge in [0.2, 0.25) is 5.91 Å². The number of epoxide rings is 1. The first-order valence-corrected chi connectivity index (χ1v) is 10.7. The molecule has 1 heterocycles. The van der Waals surface area contributed by atoms with Crippen LogP contribution in [0.4, 0.5) is 8.78 Å². The molecule has 0 radical (unpaired) electrons. The van der Waals surface area contributed by atoms with Crippen molar-refractivity contribution in [1.29, 1.82) is 0 Å². The zero-order valence-corrected chi connectivity index (χ0v) is 18.7. The predicted molar refractivity (Wildman–Crippen MR) is 114 cm³/mol. The average molecular weight is 455 g/mol. The number of benzene rings is 1. The van der Waals surface area contributed by atoms with Crippen molar-refractivity contribution in [3.63, 3.8) is 0 Å². The van der Waals surface area contributed by atoms with Crippen LogP contribution in [0, 0.1) is 11.8 Å². The first-order chi connectivity index (χ1) is 15.0. The Hall–Kier alpha value is -2.23. The molecule has 1 fully saturated rings. The number of nitrogens with one attached hydrogen (secondary N) is 1. The lowest BCUT2D eigenvalue weighted by Crippen LogP contribution is -2.50. The van der Waals surface area contributed by atoms with E-state index in [1.54, 1.807) is 6.92 Å². The van der Waals surface area contributed by atoms with Crippen LogP contribution in [-0.2, 0) is 30.3 Å². The predicted octanol–water partition coefficient (Wildman–Crippen LogP) is 2.26. The Bertz CT molecular complexity index is 784. The maximum atomic E-state index is 13.0. The molecule has 1 saturated heterocycles. The molecule has 1 amide bonds. The number of hydrogen-bond donors (Lipinski definition) is 2. The molecule has 0 bridgehead atoms. The molecular formula is C23H32F2N2O5. The van der Waals surface area contributed by atoms with Gasteiger partial charge in [-0.3, -0.25) is 14.4 Å². The van der Waals surface area contributed by atoms with Gasteiger partial charge in [0.05, 0.1) is 31.2 Å². The van der Waals surface area contributed by atoms with E-state index in [1.807, 2.05) is 44.2 Å². The Kier molecular flexibility index (Phi) is 9.42. The highest BCUT2D eigenvalue weighted by atomic mass is 19.3. The van der Waals surface area contributed by atoms with E-state index in [2.05, 4.69) is 10.1 Å². The Morgan fingerprint density at radius 2 is 1.84 bits per heavy atom. The largest absolute Gasteiger partial charge is 0.361 e. The van der Waals surface area contributed by atoms with Crippen LogP contribution in [0.2, 0.25) is 0 Å². The molecule has 32 heavy (non-hydrogen) atoms. The van der Waals surface area contributed by atoms with Gasteiger partial charge in [0.1, 0.15) is 11.4 Å². The Morgan fingerprint density at radius 1 is 1.22 bits per heavy atom. The highest BCUT2D eigenvalue weighted by molar-refractivity contribution is 5.97. The van der Waals surface area contributed by atoms with Gasteiger partial charge in [-0.15, -0.1) is 0 Å². The molecule has 3 N–H and O–H groups in total. The molecule has 0 unspecified atom stereocenters. The Balaban J connectivity index is 2.14. The lowest BCUT2D eigenvalue weighted by molar-refractivity contribution is -0.152. The first kappa shape index (κ1) is 26.0. The monoisotopic (exact) mass is 454 g/mol. The van der Waals surface area contributed by atoms with E-state index < -0.39 is 48.5 Å². The van der Waals surface area contributed by atoms with E-state index in [9.17, 15) is 23.2 Å². The lowest BCUT2D eigenvalue weighted by Gasteiger charge is -2.24. The molecule has 1 aliphatic rings. The smallest absolute Gasteiger partial charge is 0.345 e. The summed E-state index contributed by atoms with van der Waals surface area (Å²) in [6.07, 6.45) is 0.258. The van der Waals surface area contributed by atoms with Crippen LogP contribution < -0.4 is 11.1 Å². The van der Waals surface area contributed by atoms with E-state index in [0.29, 0.717) is 6.42 Å². The summed E-state index contributed by atoms with van der Waals surface area (Å²) < 4.78 is 34.8. The number of Topliss-reactive ketones (excluding diaryl/α,β-unsaturated/α-hetero) is 2.